The molecule has 0 bridgehead atoms. The summed E-state index contributed by atoms with van der Waals surface area (Å²) in [7, 11) is 2.03. The molecule has 1 aromatic rings. The number of nitrogens with two attached hydrogens (primary N) is 1. The van der Waals surface area contributed by atoms with Crippen molar-refractivity contribution in [3.63, 3.8) is 0 Å². The molecule has 0 radical (unpaired) electrons. The molecule has 3 heteroatoms. The average Bonchev–Trinajstić information content (AvgIpc) is 2.32. The molecule has 12 heavy (non-hydrogen) atoms. The minimum atomic E-state index is 0.488. The van der Waals surface area contributed by atoms with Crippen molar-refractivity contribution in [3.8, 4) is 0 Å². The Kier molecular flexibility index (Phi) is 2.87. The van der Waals surface area contributed by atoms with Crippen molar-refractivity contribution in [3.05, 3.63) is 17.7 Å². The van der Waals surface area contributed by atoms with E-state index in [4.69, 9.17) is 5.73 Å². The van der Waals surface area contributed by atoms with E-state index in [-0.39, 0.29) is 0 Å². The Bertz CT molecular complexity index is 250. The summed E-state index contributed by atoms with van der Waals surface area (Å²) in [6.45, 7) is 4.97. The second kappa shape index (κ2) is 3.72. The average molecular weight is 167 g/mol. The highest BCUT2D eigenvalue weighted by Crippen LogP contribution is 2.12. The third-order valence-corrected chi connectivity index (χ3v) is 1.88. The van der Waals surface area contributed by atoms with E-state index in [1.165, 1.54) is 0 Å². The summed E-state index contributed by atoms with van der Waals surface area (Å²) < 4.78 is 2.08. The Morgan fingerprint density at radius 1 is 1.58 bits per heavy atom. The van der Waals surface area contributed by atoms with Crippen LogP contribution in [0.2, 0.25) is 0 Å². The highest BCUT2D eigenvalue weighted by atomic mass is 15.0. The molecule has 0 saturated carbocycles. The van der Waals surface area contributed by atoms with Gasteiger partial charge in [-0.05, 0) is 6.54 Å². The zero-order chi connectivity index (χ0) is 9.14. The van der Waals surface area contributed by atoms with E-state index in [1.807, 2.05) is 7.05 Å². The van der Waals surface area contributed by atoms with Crippen LogP contribution in [0.5, 0.6) is 0 Å². The van der Waals surface area contributed by atoms with Gasteiger partial charge in [-0.1, -0.05) is 13.8 Å². The van der Waals surface area contributed by atoms with Crippen molar-refractivity contribution >= 4 is 0 Å². The number of nitrogens with zero attached hydrogens (tertiary/aromatic N) is 2. The Hall–Kier alpha value is -0.830. The number of aromatic nitrogens is 2. The van der Waals surface area contributed by atoms with Crippen molar-refractivity contribution in [1.29, 1.82) is 0 Å². The fourth-order valence-corrected chi connectivity index (χ4v) is 1.35. The van der Waals surface area contributed by atoms with Gasteiger partial charge in [0.1, 0.15) is 5.82 Å². The van der Waals surface area contributed by atoms with E-state index in [2.05, 4.69) is 29.6 Å². The van der Waals surface area contributed by atoms with Crippen LogP contribution < -0.4 is 5.73 Å². The summed E-state index contributed by atoms with van der Waals surface area (Å²) in [6, 6.07) is 0. The maximum atomic E-state index is 5.45. The van der Waals surface area contributed by atoms with Crippen LogP contribution in [0.4, 0.5) is 0 Å². The van der Waals surface area contributed by atoms with Crippen LogP contribution in [-0.2, 0) is 13.5 Å². The van der Waals surface area contributed by atoms with Gasteiger partial charge in [0.05, 0.1) is 5.69 Å². The highest BCUT2D eigenvalue weighted by molar-refractivity contribution is 5.06. The lowest BCUT2D eigenvalue weighted by Crippen LogP contribution is -2.03. The topological polar surface area (TPSA) is 43.8 Å². The molecule has 0 saturated heterocycles. The molecular weight excluding hydrogens is 150 g/mol. The maximum Gasteiger partial charge on any atom is 0.111 e. The summed E-state index contributed by atoms with van der Waals surface area (Å²) in [5, 5.41) is 0. The first-order valence-electron chi connectivity index (χ1n) is 4.37. The van der Waals surface area contributed by atoms with E-state index in [0.717, 1.165) is 17.9 Å². The lowest BCUT2D eigenvalue weighted by atomic mass is 10.2. The van der Waals surface area contributed by atoms with Gasteiger partial charge in [-0.25, -0.2) is 4.98 Å². The summed E-state index contributed by atoms with van der Waals surface area (Å²) >= 11 is 0. The maximum absolute atomic E-state index is 5.45. The lowest BCUT2D eigenvalue weighted by molar-refractivity contribution is 0.710. The molecule has 0 aliphatic rings. The van der Waals surface area contributed by atoms with Gasteiger partial charge in [-0.15, -0.1) is 0 Å². The molecule has 3 nitrogen and oxygen atoms in total. The monoisotopic (exact) mass is 167 g/mol. The SMILES string of the molecule is CC(C)c1nc(CCN)cn1C. The molecule has 1 rings (SSSR count). The van der Waals surface area contributed by atoms with Crippen molar-refractivity contribution in [2.75, 3.05) is 6.54 Å². The summed E-state index contributed by atoms with van der Waals surface area (Å²) in [5.41, 5.74) is 6.55. The summed E-state index contributed by atoms with van der Waals surface area (Å²) in [5.74, 6) is 1.62. The normalized spacial score (nSPS) is 11.1. The first-order chi connectivity index (χ1) is 5.65. The number of hydrogen-bond donors (Lipinski definition) is 1. The molecule has 0 aliphatic heterocycles. The minimum absolute atomic E-state index is 0.488. The molecule has 1 aromatic heterocycles. The number of rotatable bonds is 3. The largest absolute Gasteiger partial charge is 0.338 e. The van der Waals surface area contributed by atoms with E-state index >= 15 is 0 Å². The predicted octanol–water partition coefficient (Wildman–Crippen LogP) is 1.04. The molecule has 0 spiro atoms. The molecule has 1 heterocycles. The Morgan fingerprint density at radius 2 is 2.25 bits per heavy atom. The minimum Gasteiger partial charge on any atom is -0.338 e. The third-order valence-electron chi connectivity index (χ3n) is 1.88. The first-order valence-corrected chi connectivity index (χ1v) is 4.37. The first kappa shape index (κ1) is 9.26. The van der Waals surface area contributed by atoms with E-state index in [0.29, 0.717) is 12.5 Å². The smallest absolute Gasteiger partial charge is 0.111 e. The molecule has 0 unspecified atom stereocenters. The quantitative estimate of drug-likeness (QED) is 0.731. The molecular formula is C9H17N3. The Labute approximate surface area is 73.6 Å². The van der Waals surface area contributed by atoms with Crippen LogP contribution in [0, 0.1) is 0 Å². The molecule has 0 amide bonds. The van der Waals surface area contributed by atoms with Gasteiger partial charge in [0.15, 0.2) is 0 Å². The van der Waals surface area contributed by atoms with Gasteiger partial charge in [0, 0.05) is 25.6 Å². The third kappa shape index (κ3) is 1.85. The summed E-state index contributed by atoms with van der Waals surface area (Å²) in [4.78, 5) is 4.48. The van der Waals surface area contributed by atoms with Crippen molar-refractivity contribution in [1.82, 2.24) is 9.55 Å². The highest BCUT2D eigenvalue weighted by Gasteiger charge is 2.07. The molecule has 0 atom stereocenters. The second-order valence-electron chi connectivity index (χ2n) is 3.39. The van der Waals surface area contributed by atoms with E-state index in [9.17, 15) is 0 Å². The fraction of sp³-hybridized carbons (Fsp3) is 0.667. The molecule has 0 aliphatic carbocycles. The molecule has 0 aromatic carbocycles. The van der Waals surface area contributed by atoms with Crippen LogP contribution >= 0.6 is 0 Å². The standard InChI is InChI=1S/C9H17N3/c1-7(2)9-11-8(4-5-10)6-12(9)3/h6-7H,4-5,10H2,1-3H3. The van der Waals surface area contributed by atoms with Gasteiger partial charge >= 0.3 is 0 Å². The van der Waals surface area contributed by atoms with Gasteiger partial charge in [0.25, 0.3) is 0 Å². The predicted molar refractivity (Wildman–Crippen MR) is 50.1 cm³/mol. The van der Waals surface area contributed by atoms with Crippen molar-refractivity contribution < 1.29 is 0 Å². The van der Waals surface area contributed by atoms with Crippen LogP contribution in [0.25, 0.3) is 0 Å². The second-order valence-corrected chi connectivity index (χ2v) is 3.39. The van der Waals surface area contributed by atoms with E-state index < -0.39 is 0 Å². The Balaban J connectivity index is 2.85. The van der Waals surface area contributed by atoms with Crippen molar-refractivity contribution in [2.24, 2.45) is 12.8 Å². The summed E-state index contributed by atoms with van der Waals surface area (Å²) in [6.07, 6.45) is 2.93. The van der Waals surface area contributed by atoms with Crippen LogP contribution in [0.1, 0.15) is 31.3 Å². The molecule has 68 valence electrons. The van der Waals surface area contributed by atoms with Gasteiger partial charge in [0.2, 0.25) is 0 Å². The Morgan fingerprint density at radius 3 is 2.67 bits per heavy atom. The van der Waals surface area contributed by atoms with Crippen molar-refractivity contribution in [2.45, 2.75) is 26.2 Å². The molecule has 0 fully saturated rings. The van der Waals surface area contributed by atoms with Gasteiger partial charge in [-0.2, -0.15) is 0 Å². The van der Waals surface area contributed by atoms with Crippen LogP contribution in [0.3, 0.4) is 0 Å². The lowest BCUT2D eigenvalue weighted by Gasteiger charge is -2.02. The number of hydrogen-bond acceptors (Lipinski definition) is 2. The fourth-order valence-electron chi connectivity index (χ4n) is 1.35. The number of imidazole rings is 1. The zero-order valence-corrected chi connectivity index (χ0v) is 8.04. The van der Waals surface area contributed by atoms with E-state index in [1.54, 1.807) is 0 Å². The van der Waals surface area contributed by atoms with Crippen LogP contribution in [0.15, 0.2) is 6.20 Å². The number of aryl methyl sites for hydroxylation is 1. The van der Waals surface area contributed by atoms with Gasteiger partial charge < -0.3 is 10.3 Å². The van der Waals surface area contributed by atoms with Gasteiger partial charge in [-0.3, -0.25) is 0 Å². The zero-order valence-electron chi connectivity index (χ0n) is 8.04. The van der Waals surface area contributed by atoms with Crippen LogP contribution in [-0.4, -0.2) is 16.1 Å². The molecule has 2 N–H and O–H groups in total.